The van der Waals surface area contributed by atoms with E-state index in [4.69, 9.17) is 0 Å². The summed E-state index contributed by atoms with van der Waals surface area (Å²) in [5.41, 5.74) is 0.693. The maximum absolute atomic E-state index is 12.0. The van der Waals surface area contributed by atoms with Crippen molar-refractivity contribution in [2.45, 2.75) is 33.2 Å². The first-order chi connectivity index (χ1) is 8.72. The summed E-state index contributed by atoms with van der Waals surface area (Å²) in [6.07, 6.45) is 0.487. The Hall–Kier alpha value is -0.910. The maximum Gasteiger partial charge on any atom is 0.212 e. The van der Waals surface area contributed by atoms with Crippen molar-refractivity contribution in [1.82, 2.24) is 4.72 Å². The van der Waals surface area contributed by atoms with Gasteiger partial charge < -0.3 is 5.11 Å². The van der Waals surface area contributed by atoms with E-state index in [1.807, 2.05) is 51.1 Å². The van der Waals surface area contributed by atoms with Crippen LogP contribution in [0, 0.1) is 5.41 Å². The molecule has 1 unspecified atom stereocenters. The molecule has 0 aliphatic rings. The number of hydrogen-bond acceptors (Lipinski definition) is 3. The lowest BCUT2D eigenvalue weighted by molar-refractivity contribution is 0.255. The molecule has 0 aliphatic carbocycles. The smallest absolute Gasteiger partial charge is 0.212 e. The first kappa shape index (κ1) is 16.1. The van der Waals surface area contributed by atoms with Gasteiger partial charge in [-0.25, -0.2) is 13.1 Å². The molecule has 5 heteroatoms. The molecule has 0 heterocycles. The van der Waals surface area contributed by atoms with Crippen molar-refractivity contribution in [2.24, 2.45) is 5.41 Å². The number of nitrogens with one attached hydrogen (secondary N) is 1. The van der Waals surface area contributed by atoms with Crippen molar-refractivity contribution in [3.8, 4) is 0 Å². The summed E-state index contributed by atoms with van der Waals surface area (Å²) in [4.78, 5) is 0. The molecule has 1 aromatic rings. The molecule has 0 saturated heterocycles. The summed E-state index contributed by atoms with van der Waals surface area (Å²) in [7, 11) is -3.38. The summed E-state index contributed by atoms with van der Waals surface area (Å²) in [5, 5.41) is 9.32. The predicted octanol–water partition coefficient (Wildman–Crippen LogP) is 1.56. The van der Waals surface area contributed by atoms with Crippen LogP contribution in [-0.4, -0.2) is 31.9 Å². The number of benzene rings is 1. The van der Waals surface area contributed by atoms with Gasteiger partial charge in [-0.3, -0.25) is 0 Å². The van der Waals surface area contributed by atoms with Gasteiger partial charge in [0.15, 0.2) is 0 Å². The molecule has 0 radical (unpaired) electrons. The summed E-state index contributed by atoms with van der Waals surface area (Å²) in [5.74, 6) is 0.0469. The normalized spacial score (nSPS) is 14.3. The van der Waals surface area contributed by atoms with Crippen molar-refractivity contribution in [3.05, 3.63) is 35.9 Å². The highest BCUT2D eigenvalue weighted by Gasteiger charge is 2.24. The van der Waals surface area contributed by atoms with Crippen LogP contribution in [0.1, 0.15) is 26.3 Å². The Morgan fingerprint density at radius 2 is 1.79 bits per heavy atom. The Morgan fingerprint density at radius 1 is 1.21 bits per heavy atom. The van der Waals surface area contributed by atoms with Crippen LogP contribution >= 0.6 is 0 Å². The Bertz CT molecular complexity index is 477. The van der Waals surface area contributed by atoms with Gasteiger partial charge in [0.25, 0.3) is 0 Å². The van der Waals surface area contributed by atoms with Gasteiger partial charge in [0.2, 0.25) is 10.0 Å². The minimum absolute atomic E-state index is 0.0469. The van der Waals surface area contributed by atoms with Crippen molar-refractivity contribution in [1.29, 1.82) is 0 Å². The molecule has 0 aromatic heterocycles. The SMILES string of the molecule is CC(C)(C)CS(=O)(=O)NC(CO)Cc1ccccc1. The number of aliphatic hydroxyl groups is 1. The fourth-order valence-electron chi connectivity index (χ4n) is 1.91. The van der Waals surface area contributed by atoms with E-state index in [0.29, 0.717) is 6.42 Å². The molecule has 108 valence electrons. The van der Waals surface area contributed by atoms with Gasteiger partial charge in [0, 0.05) is 6.04 Å². The quantitative estimate of drug-likeness (QED) is 0.833. The number of rotatable bonds is 6. The van der Waals surface area contributed by atoms with Crippen LogP contribution in [0.15, 0.2) is 30.3 Å². The number of aliphatic hydroxyl groups excluding tert-OH is 1. The first-order valence-corrected chi connectivity index (χ1v) is 8.02. The van der Waals surface area contributed by atoms with Crippen molar-refractivity contribution in [3.63, 3.8) is 0 Å². The van der Waals surface area contributed by atoms with Crippen molar-refractivity contribution in [2.75, 3.05) is 12.4 Å². The molecule has 2 N–H and O–H groups in total. The van der Waals surface area contributed by atoms with Gasteiger partial charge in [-0.15, -0.1) is 0 Å². The van der Waals surface area contributed by atoms with E-state index in [1.54, 1.807) is 0 Å². The molecule has 0 fully saturated rings. The average molecular weight is 285 g/mol. The molecular weight excluding hydrogens is 262 g/mol. The molecule has 0 spiro atoms. The fourth-order valence-corrected chi connectivity index (χ4v) is 3.80. The number of hydrogen-bond donors (Lipinski definition) is 2. The molecule has 1 aromatic carbocycles. The van der Waals surface area contributed by atoms with E-state index in [9.17, 15) is 13.5 Å². The zero-order valence-electron chi connectivity index (χ0n) is 11.8. The third kappa shape index (κ3) is 6.71. The minimum Gasteiger partial charge on any atom is -0.395 e. The lowest BCUT2D eigenvalue weighted by atomic mass is 10.0. The van der Waals surface area contributed by atoms with Crippen LogP contribution in [-0.2, 0) is 16.4 Å². The van der Waals surface area contributed by atoms with E-state index in [1.165, 1.54) is 0 Å². The second-order valence-electron chi connectivity index (χ2n) is 6.01. The lowest BCUT2D eigenvalue weighted by Gasteiger charge is -2.22. The second kappa shape index (κ2) is 6.50. The van der Waals surface area contributed by atoms with Crippen LogP contribution in [0.2, 0.25) is 0 Å². The summed E-state index contributed by atoms with van der Waals surface area (Å²) in [6, 6.07) is 9.05. The highest BCUT2D eigenvalue weighted by atomic mass is 32.2. The van der Waals surface area contributed by atoms with E-state index in [0.717, 1.165) is 5.56 Å². The molecule has 0 aliphatic heterocycles. The van der Waals surface area contributed by atoms with Gasteiger partial charge >= 0.3 is 0 Å². The van der Waals surface area contributed by atoms with Crippen LogP contribution in [0.25, 0.3) is 0 Å². The monoisotopic (exact) mass is 285 g/mol. The van der Waals surface area contributed by atoms with Gasteiger partial charge in [0.05, 0.1) is 12.4 Å². The molecule has 4 nitrogen and oxygen atoms in total. The molecule has 0 amide bonds. The predicted molar refractivity (Wildman–Crippen MR) is 77.4 cm³/mol. The Balaban J connectivity index is 2.67. The minimum atomic E-state index is -3.38. The maximum atomic E-state index is 12.0. The van der Waals surface area contributed by atoms with E-state index >= 15 is 0 Å². The molecule has 1 rings (SSSR count). The van der Waals surface area contributed by atoms with Crippen LogP contribution in [0.5, 0.6) is 0 Å². The fraction of sp³-hybridized carbons (Fsp3) is 0.571. The molecular formula is C14H23NO3S. The van der Waals surface area contributed by atoms with Gasteiger partial charge in [0.1, 0.15) is 0 Å². The third-order valence-electron chi connectivity index (χ3n) is 2.51. The molecule has 1 atom stereocenters. The van der Waals surface area contributed by atoms with E-state index in [2.05, 4.69) is 4.72 Å². The largest absolute Gasteiger partial charge is 0.395 e. The standard InChI is InChI=1S/C14H23NO3S/c1-14(2,3)11-19(17,18)15-13(10-16)9-12-7-5-4-6-8-12/h4-8,13,15-16H,9-11H2,1-3H3. The van der Waals surface area contributed by atoms with E-state index in [-0.39, 0.29) is 17.8 Å². The van der Waals surface area contributed by atoms with Gasteiger partial charge in [-0.1, -0.05) is 51.1 Å². The zero-order valence-corrected chi connectivity index (χ0v) is 12.6. The second-order valence-corrected chi connectivity index (χ2v) is 7.76. The highest BCUT2D eigenvalue weighted by Crippen LogP contribution is 2.16. The lowest BCUT2D eigenvalue weighted by Crippen LogP contribution is -2.42. The molecule has 0 saturated carbocycles. The Labute approximate surface area is 115 Å². The first-order valence-electron chi connectivity index (χ1n) is 6.37. The average Bonchev–Trinajstić information content (AvgIpc) is 2.25. The zero-order chi connectivity index (χ0) is 14.5. The van der Waals surface area contributed by atoms with Crippen molar-refractivity contribution < 1.29 is 13.5 Å². The highest BCUT2D eigenvalue weighted by molar-refractivity contribution is 7.89. The number of sulfonamides is 1. The summed E-state index contributed by atoms with van der Waals surface area (Å²) < 4.78 is 26.5. The van der Waals surface area contributed by atoms with Crippen molar-refractivity contribution >= 4 is 10.0 Å². The Morgan fingerprint density at radius 3 is 2.26 bits per heavy atom. The van der Waals surface area contributed by atoms with E-state index < -0.39 is 16.1 Å². The van der Waals surface area contributed by atoms with Gasteiger partial charge in [-0.05, 0) is 17.4 Å². The summed E-state index contributed by atoms with van der Waals surface area (Å²) >= 11 is 0. The topological polar surface area (TPSA) is 66.4 Å². The molecule has 0 bridgehead atoms. The summed E-state index contributed by atoms with van der Waals surface area (Å²) in [6.45, 7) is 5.41. The molecule has 19 heavy (non-hydrogen) atoms. The van der Waals surface area contributed by atoms with Gasteiger partial charge in [-0.2, -0.15) is 0 Å². The van der Waals surface area contributed by atoms with Crippen LogP contribution in [0.3, 0.4) is 0 Å². The van der Waals surface area contributed by atoms with Crippen LogP contribution in [0.4, 0.5) is 0 Å². The van der Waals surface area contributed by atoms with Crippen LogP contribution < -0.4 is 4.72 Å². The third-order valence-corrected chi connectivity index (χ3v) is 4.45. The Kier molecular flexibility index (Phi) is 5.52.